The van der Waals surface area contributed by atoms with Crippen LogP contribution in [0.15, 0.2) is 58.2 Å². The second-order valence-electron chi connectivity index (χ2n) is 7.24. The lowest BCUT2D eigenvalue weighted by molar-refractivity contribution is -0.113. The van der Waals surface area contributed by atoms with Crippen molar-refractivity contribution >= 4 is 34.4 Å². The normalized spacial score (nSPS) is 11.3. The third-order valence-corrected chi connectivity index (χ3v) is 5.46. The minimum atomic E-state index is -0.102. The summed E-state index contributed by atoms with van der Waals surface area (Å²) in [4.78, 5) is 20.2. The lowest BCUT2D eigenvalue weighted by Gasteiger charge is -2.13. The molecule has 4 rings (SSSR count). The number of hydrogen-bond acceptors (Lipinski definition) is 6. The van der Waals surface area contributed by atoms with Crippen molar-refractivity contribution in [2.45, 2.75) is 37.8 Å². The van der Waals surface area contributed by atoms with Crippen LogP contribution < -0.4 is 5.32 Å². The first-order valence-corrected chi connectivity index (χ1v) is 10.8. The largest absolute Gasteiger partial charge is 0.416 e. The average molecular weight is 422 g/mol. The number of hydrogen-bond donors (Lipinski definition) is 2. The van der Waals surface area contributed by atoms with Crippen molar-refractivity contribution in [1.29, 1.82) is 0 Å². The van der Waals surface area contributed by atoms with Crippen LogP contribution in [0, 0.1) is 0 Å². The predicted octanol–water partition coefficient (Wildman–Crippen LogP) is 4.59. The Balaban J connectivity index is 1.28. The summed E-state index contributed by atoms with van der Waals surface area (Å²) in [6.45, 7) is 4.20. The molecular weight excluding hydrogens is 398 g/mol. The number of thioether (sulfide) groups is 1. The van der Waals surface area contributed by atoms with E-state index in [0.717, 1.165) is 28.1 Å². The smallest absolute Gasteiger partial charge is 0.277 e. The van der Waals surface area contributed by atoms with E-state index in [1.807, 2.05) is 48.5 Å². The summed E-state index contributed by atoms with van der Waals surface area (Å²) in [5, 5.41) is 11.5. The Hall–Kier alpha value is -3.13. The zero-order chi connectivity index (χ0) is 20.9. The zero-order valence-corrected chi connectivity index (χ0v) is 17.7. The number of carbonyl (C=O) groups is 1. The van der Waals surface area contributed by atoms with Gasteiger partial charge in [0, 0.05) is 18.5 Å². The Bertz CT molecular complexity index is 1120. The van der Waals surface area contributed by atoms with E-state index in [1.54, 1.807) is 0 Å². The van der Waals surface area contributed by atoms with Crippen molar-refractivity contribution in [3.8, 4) is 0 Å². The van der Waals surface area contributed by atoms with Gasteiger partial charge in [0.05, 0.1) is 16.8 Å². The fourth-order valence-electron chi connectivity index (χ4n) is 3.17. The molecule has 0 unspecified atom stereocenters. The Morgan fingerprint density at radius 1 is 1.10 bits per heavy atom. The molecule has 2 aromatic heterocycles. The fraction of sp³-hybridized carbons (Fsp3) is 0.273. The van der Waals surface area contributed by atoms with Gasteiger partial charge in [0.25, 0.3) is 5.22 Å². The van der Waals surface area contributed by atoms with Crippen LogP contribution in [-0.4, -0.2) is 31.8 Å². The van der Waals surface area contributed by atoms with Gasteiger partial charge in [0.2, 0.25) is 11.8 Å². The molecule has 0 aliphatic carbocycles. The minimum absolute atomic E-state index is 0.102. The highest BCUT2D eigenvalue weighted by molar-refractivity contribution is 7.99. The number of fused-ring (bicyclic) bond motifs is 1. The van der Waals surface area contributed by atoms with Crippen LogP contribution in [0.4, 0.5) is 5.69 Å². The number of aryl methyl sites for hydroxylation is 2. The molecule has 2 aromatic carbocycles. The predicted molar refractivity (Wildman–Crippen MR) is 118 cm³/mol. The van der Waals surface area contributed by atoms with E-state index in [2.05, 4.69) is 39.3 Å². The fourth-order valence-corrected chi connectivity index (χ4v) is 3.76. The summed E-state index contributed by atoms with van der Waals surface area (Å²) in [7, 11) is 0. The Labute approximate surface area is 178 Å². The van der Waals surface area contributed by atoms with Crippen LogP contribution in [0.3, 0.4) is 0 Å². The maximum Gasteiger partial charge on any atom is 0.277 e. The molecule has 154 valence electrons. The number of carbonyl (C=O) groups excluding carboxylic acids is 1. The van der Waals surface area contributed by atoms with E-state index >= 15 is 0 Å². The molecule has 30 heavy (non-hydrogen) atoms. The van der Waals surface area contributed by atoms with Crippen molar-refractivity contribution in [3.05, 3.63) is 65.8 Å². The second kappa shape index (κ2) is 9.13. The van der Waals surface area contributed by atoms with Gasteiger partial charge < -0.3 is 14.7 Å². The Morgan fingerprint density at radius 2 is 1.90 bits per heavy atom. The number of benzene rings is 2. The topological polar surface area (TPSA) is 96.7 Å². The molecule has 0 aliphatic heterocycles. The maximum absolute atomic E-state index is 12.3. The molecule has 1 amide bonds. The molecule has 0 saturated heterocycles. The Kier molecular flexibility index (Phi) is 6.13. The number of imidazole rings is 1. The van der Waals surface area contributed by atoms with Crippen molar-refractivity contribution < 1.29 is 9.21 Å². The summed E-state index contributed by atoms with van der Waals surface area (Å²) >= 11 is 1.23. The van der Waals surface area contributed by atoms with Gasteiger partial charge in [-0.3, -0.25) is 4.79 Å². The third-order valence-electron chi connectivity index (χ3n) is 4.65. The number of amides is 1. The lowest BCUT2D eigenvalue weighted by atomic mass is 10.0. The van der Waals surface area contributed by atoms with Gasteiger partial charge in [-0.25, -0.2) is 4.98 Å². The summed E-state index contributed by atoms with van der Waals surface area (Å²) in [5.74, 6) is 1.85. The molecule has 2 N–H and O–H groups in total. The highest BCUT2D eigenvalue weighted by atomic mass is 32.2. The van der Waals surface area contributed by atoms with Crippen molar-refractivity contribution in [3.63, 3.8) is 0 Å². The van der Waals surface area contributed by atoms with Gasteiger partial charge in [-0.05, 0) is 29.7 Å². The summed E-state index contributed by atoms with van der Waals surface area (Å²) in [5.41, 5.74) is 3.91. The molecule has 0 spiro atoms. The van der Waals surface area contributed by atoms with E-state index in [0.29, 0.717) is 29.9 Å². The molecule has 0 radical (unpaired) electrons. The molecule has 8 heteroatoms. The highest BCUT2D eigenvalue weighted by Gasteiger charge is 2.13. The van der Waals surface area contributed by atoms with Crippen molar-refractivity contribution in [2.24, 2.45) is 0 Å². The average Bonchev–Trinajstić information content (AvgIpc) is 3.37. The molecule has 7 nitrogen and oxygen atoms in total. The standard InChI is InChI=1S/C22H23N5O2S/c1-14(2)15-7-3-4-8-16(15)25-20(28)13-30-22-27-26-21(29-22)12-11-19-23-17-9-5-6-10-18(17)24-19/h3-10,14H,11-13H2,1-2H3,(H,23,24)(H,25,28). The van der Waals surface area contributed by atoms with Crippen LogP contribution in [0.1, 0.15) is 37.0 Å². The number of nitrogens with one attached hydrogen (secondary N) is 2. The lowest BCUT2D eigenvalue weighted by Crippen LogP contribution is -2.15. The zero-order valence-electron chi connectivity index (χ0n) is 16.9. The van der Waals surface area contributed by atoms with Crippen molar-refractivity contribution in [2.75, 3.05) is 11.1 Å². The van der Waals surface area contributed by atoms with Crippen LogP contribution in [0.5, 0.6) is 0 Å². The quantitative estimate of drug-likeness (QED) is 0.404. The molecule has 0 atom stereocenters. The summed E-state index contributed by atoms with van der Waals surface area (Å²) in [6, 6.07) is 15.8. The van der Waals surface area contributed by atoms with Gasteiger partial charge in [0.15, 0.2) is 0 Å². The maximum atomic E-state index is 12.3. The molecular formula is C22H23N5O2S. The van der Waals surface area contributed by atoms with Gasteiger partial charge in [-0.15, -0.1) is 10.2 Å². The van der Waals surface area contributed by atoms with Crippen molar-refractivity contribution in [1.82, 2.24) is 20.2 Å². The highest BCUT2D eigenvalue weighted by Crippen LogP contribution is 2.24. The van der Waals surface area contributed by atoms with Crippen LogP contribution in [-0.2, 0) is 17.6 Å². The molecule has 0 fully saturated rings. The number of aromatic nitrogens is 4. The summed E-state index contributed by atoms with van der Waals surface area (Å²) < 4.78 is 5.66. The monoisotopic (exact) mass is 421 g/mol. The number of H-pyrrole nitrogens is 1. The first kappa shape index (κ1) is 20.2. The van der Waals surface area contributed by atoms with E-state index in [-0.39, 0.29) is 11.7 Å². The number of rotatable bonds is 8. The van der Waals surface area contributed by atoms with E-state index in [4.69, 9.17) is 4.42 Å². The van der Waals surface area contributed by atoms with Crippen LogP contribution in [0.25, 0.3) is 11.0 Å². The molecule has 2 heterocycles. The Morgan fingerprint density at radius 3 is 2.73 bits per heavy atom. The van der Waals surface area contributed by atoms with Gasteiger partial charge in [0.1, 0.15) is 5.82 Å². The van der Waals surface area contributed by atoms with Crippen LogP contribution in [0.2, 0.25) is 0 Å². The number of nitrogens with zero attached hydrogens (tertiary/aromatic N) is 3. The number of anilines is 1. The molecule has 4 aromatic rings. The first-order chi connectivity index (χ1) is 14.6. The molecule has 0 aliphatic rings. The van der Waals surface area contributed by atoms with Gasteiger partial charge in [-0.2, -0.15) is 0 Å². The number of para-hydroxylation sites is 3. The molecule has 0 saturated carbocycles. The SMILES string of the molecule is CC(C)c1ccccc1NC(=O)CSc1nnc(CCc2nc3ccccc3[nH]2)o1. The summed E-state index contributed by atoms with van der Waals surface area (Å²) in [6.07, 6.45) is 1.26. The first-order valence-electron chi connectivity index (χ1n) is 9.86. The number of aromatic amines is 1. The van der Waals surface area contributed by atoms with E-state index < -0.39 is 0 Å². The van der Waals surface area contributed by atoms with Gasteiger partial charge >= 0.3 is 0 Å². The van der Waals surface area contributed by atoms with Gasteiger partial charge in [-0.1, -0.05) is 55.9 Å². The van der Waals surface area contributed by atoms with E-state index in [9.17, 15) is 4.79 Å². The second-order valence-corrected chi connectivity index (χ2v) is 8.17. The third kappa shape index (κ3) is 4.88. The van der Waals surface area contributed by atoms with E-state index in [1.165, 1.54) is 11.8 Å². The minimum Gasteiger partial charge on any atom is -0.416 e. The molecule has 0 bridgehead atoms. The van der Waals surface area contributed by atoms with Crippen LogP contribution >= 0.6 is 11.8 Å².